The maximum atomic E-state index is 12.6. The summed E-state index contributed by atoms with van der Waals surface area (Å²) in [5, 5.41) is 11.2. The van der Waals surface area contributed by atoms with Crippen LogP contribution in [0, 0.1) is 10.1 Å². The molecule has 0 aliphatic carbocycles. The first kappa shape index (κ1) is 18.4. The van der Waals surface area contributed by atoms with E-state index in [1.165, 1.54) is 0 Å². The van der Waals surface area contributed by atoms with E-state index in [1.54, 1.807) is 62.7 Å². The molecule has 25 heavy (non-hydrogen) atoms. The highest BCUT2D eigenvalue weighted by atomic mass is 16.6. The van der Waals surface area contributed by atoms with Gasteiger partial charge in [0.1, 0.15) is 11.7 Å². The molecular weight excluding hydrogens is 324 g/mol. The fourth-order valence-corrected chi connectivity index (χ4v) is 2.70. The Labute approximate surface area is 145 Å². The third-order valence-corrected chi connectivity index (χ3v) is 3.84. The van der Waals surface area contributed by atoms with Crippen molar-refractivity contribution in [2.45, 2.75) is 18.8 Å². The Morgan fingerprint density at radius 1 is 1.24 bits per heavy atom. The molecule has 0 saturated heterocycles. The first-order chi connectivity index (χ1) is 12.1. The van der Waals surface area contributed by atoms with Crippen molar-refractivity contribution in [3.8, 4) is 5.75 Å². The van der Waals surface area contributed by atoms with Crippen LogP contribution >= 0.6 is 0 Å². The number of pyridine rings is 1. The molecule has 7 heteroatoms. The number of nitrogens with zero attached hydrogens (tertiary/aromatic N) is 2. The maximum Gasteiger partial charge on any atom is 0.315 e. The van der Waals surface area contributed by atoms with Crippen LogP contribution in [-0.4, -0.2) is 36.1 Å². The Bertz CT molecular complexity index is 703. The lowest BCUT2D eigenvalue weighted by atomic mass is 9.83. The minimum atomic E-state index is -0.861. The summed E-state index contributed by atoms with van der Waals surface area (Å²) in [5.74, 6) is -1.45. The van der Waals surface area contributed by atoms with Crippen molar-refractivity contribution in [3.63, 3.8) is 0 Å². The van der Waals surface area contributed by atoms with Gasteiger partial charge in [0.2, 0.25) is 6.54 Å². The van der Waals surface area contributed by atoms with Crippen LogP contribution in [0.25, 0.3) is 0 Å². The molecule has 0 bridgehead atoms. The van der Waals surface area contributed by atoms with Gasteiger partial charge in [0.15, 0.2) is 0 Å². The largest absolute Gasteiger partial charge is 0.497 e. The maximum absolute atomic E-state index is 12.6. The quantitative estimate of drug-likeness (QED) is 0.415. The lowest BCUT2D eigenvalue weighted by Crippen LogP contribution is -2.28. The SMILES string of the molecule is CCOC(=O)C(c1ccccn1)[C@@H](C[N+](=O)[O-])c1ccc(OC)cc1. The second kappa shape index (κ2) is 8.77. The third-order valence-electron chi connectivity index (χ3n) is 3.84. The predicted octanol–water partition coefficient (Wildman–Crippen LogP) is 2.80. The Kier molecular flexibility index (Phi) is 6.45. The number of aromatic nitrogens is 1. The van der Waals surface area contributed by atoms with Crippen LogP contribution in [0.3, 0.4) is 0 Å². The standard InChI is InChI=1S/C18H20N2O5/c1-3-25-18(21)17(16-6-4-5-11-19-16)15(12-20(22)23)13-7-9-14(24-2)10-8-13/h4-11,15,17H,3,12H2,1-2H3/t15-,17?/m0/s1. The molecule has 0 aliphatic rings. The summed E-state index contributed by atoms with van der Waals surface area (Å²) in [6.45, 7) is 1.48. The van der Waals surface area contributed by atoms with Gasteiger partial charge in [-0.15, -0.1) is 0 Å². The van der Waals surface area contributed by atoms with Crippen molar-refractivity contribution in [1.29, 1.82) is 0 Å². The van der Waals surface area contributed by atoms with Gasteiger partial charge in [-0.2, -0.15) is 0 Å². The number of ether oxygens (including phenoxy) is 2. The van der Waals surface area contributed by atoms with Gasteiger partial charge in [-0.1, -0.05) is 18.2 Å². The lowest BCUT2D eigenvalue weighted by Gasteiger charge is -2.23. The topological polar surface area (TPSA) is 91.6 Å². The number of methoxy groups -OCH3 is 1. The lowest BCUT2D eigenvalue weighted by molar-refractivity contribution is -0.483. The Morgan fingerprint density at radius 3 is 2.48 bits per heavy atom. The molecule has 0 fully saturated rings. The number of nitro groups is 1. The summed E-state index contributed by atoms with van der Waals surface area (Å²) in [5.41, 5.74) is 1.10. The molecule has 0 aliphatic heterocycles. The monoisotopic (exact) mass is 344 g/mol. The molecule has 1 aromatic carbocycles. The molecule has 1 heterocycles. The molecule has 0 spiro atoms. The van der Waals surface area contributed by atoms with Crippen LogP contribution < -0.4 is 4.74 Å². The molecular formula is C18H20N2O5. The van der Waals surface area contributed by atoms with Crippen LogP contribution in [0.4, 0.5) is 0 Å². The summed E-state index contributed by atoms with van der Waals surface area (Å²) in [7, 11) is 1.54. The second-order valence-electron chi connectivity index (χ2n) is 5.38. The molecule has 7 nitrogen and oxygen atoms in total. The van der Waals surface area contributed by atoms with Crippen LogP contribution in [0.15, 0.2) is 48.7 Å². The molecule has 0 radical (unpaired) electrons. The van der Waals surface area contributed by atoms with E-state index in [4.69, 9.17) is 9.47 Å². The van der Waals surface area contributed by atoms with E-state index in [2.05, 4.69) is 4.98 Å². The summed E-state index contributed by atoms with van der Waals surface area (Å²) < 4.78 is 10.3. The highest BCUT2D eigenvalue weighted by Gasteiger charge is 2.36. The van der Waals surface area contributed by atoms with E-state index >= 15 is 0 Å². The number of carbonyl (C=O) groups is 1. The minimum Gasteiger partial charge on any atom is -0.497 e. The fraction of sp³-hybridized carbons (Fsp3) is 0.333. The van der Waals surface area contributed by atoms with E-state index in [-0.39, 0.29) is 6.61 Å². The summed E-state index contributed by atoms with van der Waals surface area (Å²) in [6.07, 6.45) is 1.55. The second-order valence-corrected chi connectivity index (χ2v) is 5.38. The highest BCUT2D eigenvalue weighted by molar-refractivity contribution is 5.79. The van der Waals surface area contributed by atoms with Gasteiger partial charge in [0.05, 0.1) is 25.3 Å². The van der Waals surface area contributed by atoms with E-state index < -0.39 is 29.3 Å². The Hall–Kier alpha value is -2.96. The van der Waals surface area contributed by atoms with Gasteiger partial charge in [0.25, 0.3) is 0 Å². The van der Waals surface area contributed by atoms with Gasteiger partial charge in [-0.25, -0.2) is 0 Å². The Balaban J connectivity index is 2.48. The summed E-state index contributed by atoms with van der Waals surface area (Å²) in [4.78, 5) is 27.6. The van der Waals surface area contributed by atoms with Gasteiger partial charge >= 0.3 is 5.97 Å². The fourth-order valence-electron chi connectivity index (χ4n) is 2.70. The first-order valence-corrected chi connectivity index (χ1v) is 7.90. The highest BCUT2D eigenvalue weighted by Crippen LogP contribution is 2.34. The van der Waals surface area contributed by atoms with Crippen molar-refractivity contribution in [3.05, 3.63) is 70.0 Å². The molecule has 0 amide bonds. The van der Waals surface area contributed by atoms with Gasteiger partial charge in [0, 0.05) is 11.1 Å². The smallest absolute Gasteiger partial charge is 0.315 e. The number of carbonyl (C=O) groups excluding carboxylic acids is 1. The van der Waals surface area contributed by atoms with Crippen LogP contribution in [0.2, 0.25) is 0 Å². The third kappa shape index (κ3) is 4.76. The zero-order valence-electron chi connectivity index (χ0n) is 14.1. The number of esters is 1. The van der Waals surface area contributed by atoms with Crippen molar-refractivity contribution in [1.82, 2.24) is 4.98 Å². The van der Waals surface area contributed by atoms with Crippen molar-refractivity contribution < 1.29 is 19.2 Å². The molecule has 2 aromatic rings. The molecule has 0 N–H and O–H groups in total. The molecule has 132 valence electrons. The van der Waals surface area contributed by atoms with E-state index in [9.17, 15) is 14.9 Å². The van der Waals surface area contributed by atoms with Crippen LogP contribution in [0.5, 0.6) is 5.75 Å². The molecule has 2 rings (SSSR count). The number of hydrogen-bond donors (Lipinski definition) is 0. The average molecular weight is 344 g/mol. The van der Waals surface area contributed by atoms with Crippen molar-refractivity contribution >= 4 is 5.97 Å². The average Bonchev–Trinajstić information content (AvgIpc) is 2.62. The van der Waals surface area contributed by atoms with Gasteiger partial charge < -0.3 is 9.47 Å². The Morgan fingerprint density at radius 2 is 1.96 bits per heavy atom. The predicted molar refractivity (Wildman–Crippen MR) is 91.2 cm³/mol. The number of hydrogen-bond acceptors (Lipinski definition) is 6. The van der Waals surface area contributed by atoms with Crippen LogP contribution in [0.1, 0.15) is 30.0 Å². The van der Waals surface area contributed by atoms with Gasteiger partial charge in [-0.05, 0) is 36.8 Å². The molecule has 2 atom stereocenters. The molecule has 1 aromatic heterocycles. The first-order valence-electron chi connectivity index (χ1n) is 7.90. The van der Waals surface area contributed by atoms with Crippen molar-refractivity contribution in [2.75, 3.05) is 20.3 Å². The summed E-state index contributed by atoms with van der Waals surface area (Å²) >= 11 is 0. The normalized spacial score (nSPS) is 12.9. The zero-order valence-corrected chi connectivity index (χ0v) is 14.1. The van der Waals surface area contributed by atoms with Crippen LogP contribution in [-0.2, 0) is 9.53 Å². The summed E-state index contributed by atoms with van der Waals surface area (Å²) in [6, 6.07) is 12.0. The molecule has 1 unspecified atom stereocenters. The van der Waals surface area contributed by atoms with Gasteiger partial charge in [-0.3, -0.25) is 19.9 Å². The number of rotatable bonds is 8. The van der Waals surface area contributed by atoms with Crippen molar-refractivity contribution in [2.24, 2.45) is 0 Å². The molecule has 0 saturated carbocycles. The van der Waals surface area contributed by atoms with E-state index in [0.717, 1.165) is 0 Å². The van der Waals surface area contributed by atoms with E-state index in [1.807, 2.05) is 0 Å². The van der Waals surface area contributed by atoms with E-state index in [0.29, 0.717) is 17.0 Å². The minimum absolute atomic E-state index is 0.190. The number of benzene rings is 1. The zero-order chi connectivity index (χ0) is 18.2.